The maximum Gasteiger partial charge on any atom is 0.375 e. The maximum atomic E-state index is 12.0. The largest absolute Gasteiger partial charge is 0.455 e. The molecular weight excluding hydrogens is 312 g/mol. The van der Waals surface area contributed by atoms with Crippen molar-refractivity contribution in [3.63, 3.8) is 0 Å². The molecule has 0 amide bonds. The molecule has 0 saturated heterocycles. The Kier molecular flexibility index (Phi) is 5.37. The van der Waals surface area contributed by atoms with E-state index in [1.54, 1.807) is 0 Å². The van der Waals surface area contributed by atoms with E-state index in [1.807, 2.05) is 84.9 Å². The summed E-state index contributed by atoms with van der Waals surface area (Å²) in [5, 5.41) is 0. The molecule has 0 bridgehead atoms. The molecule has 0 heterocycles. The van der Waals surface area contributed by atoms with Crippen LogP contribution in [0.15, 0.2) is 84.9 Å². The Balaban J connectivity index is 1.56. The second-order valence-corrected chi connectivity index (χ2v) is 5.72. The van der Waals surface area contributed by atoms with E-state index in [2.05, 4.69) is 0 Å². The molecule has 3 heteroatoms. The smallest absolute Gasteiger partial charge is 0.375 e. The summed E-state index contributed by atoms with van der Waals surface area (Å²) in [6.07, 6.45) is 0.0443. The molecule has 0 aliphatic heterocycles. The van der Waals surface area contributed by atoms with Crippen LogP contribution < -0.4 is 0 Å². The number of rotatable bonds is 6. The molecule has 25 heavy (non-hydrogen) atoms. The third kappa shape index (κ3) is 4.64. The van der Waals surface area contributed by atoms with E-state index in [-0.39, 0.29) is 13.0 Å². The minimum atomic E-state index is -0.795. The summed E-state index contributed by atoms with van der Waals surface area (Å²) in [6.45, 7) is 0.109. The van der Waals surface area contributed by atoms with Crippen LogP contribution in [0.5, 0.6) is 0 Å². The summed E-state index contributed by atoms with van der Waals surface area (Å²) in [5.41, 5.74) is 3.84. The Morgan fingerprint density at radius 3 is 1.84 bits per heavy atom. The summed E-state index contributed by atoms with van der Waals surface area (Å²) in [4.78, 5) is 23.9. The van der Waals surface area contributed by atoms with Gasteiger partial charge in [0, 0.05) is 6.42 Å². The van der Waals surface area contributed by atoms with Crippen LogP contribution in [0.3, 0.4) is 0 Å². The van der Waals surface area contributed by atoms with E-state index < -0.39 is 11.8 Å². The Labute approximate surface area is 146 Å². The SMILES string of the molecule is O=C(Cc1ccc(-c2ccccc2)cc1)C(=O)OCc1ccccc1. The molecule has 0 saturated carbocycles. The first-order chi connectivity index (χ1) is 12.2. The molecule has 0 aliphatic rings. The maximum absolute atomic E-state index is 12.0. The molecule has 0 atom stereocenters. The highest BCUT2D eigenvalue weighted by Gasteiger charge is 2.16. The summed E-state index contributed by atoms with van der Waals surface area (Å²) >= 11 is 0. The molecule has 3 rings (SSSR count). The highest BCUT2D eigenvalue weighted by molar-refractivity contribution is 6.34. The van der Waals surface area contributed by atoms with Crippen LogP contribution in [0.2, 0.25) is 0 Å². The molecule has 0 aliphatic carbocycles. The lowest BCUT2D eigenvalue weighted by Crippen LogP contribution is -2.19. The molecule has 3 aromatic rings. The van der Waals surface area contributed by atoms with E-state index in [4.69, 9.17) is 4.74 Å². The Morgan fingerprint density at radius 2 is 1.20 bits per heavy atom. The molecule has 0 spiro atoms. The highest BCUT2D eigenvalue weighted by atomic mass is 16.5. The third-order valence-electron chi connectivity index (χ3n) is 3.87. The van der Waals surface area contributed by atoms with Crippen LogP contribution in [-0.2, 0) is 27.4 Å². The normalized spacial score (nSPS) is 10.2. The van der Waals surface area contributed by atoms with E-state index >= 15 is 0 Å². The van der Waals surface area contributed by atoms with Gasteiger partial charge in [0.05, 0.1) is 0 Å². The van der Waals surface area contributed by atoms with E-state index in [9.17, 15) is 9.59 Å². The number of hydrogen-bond acceptors (Lipinski definition) is 3. The van der Waals surface area contributed by atoms with Crippen molar-refractivity contribution in [2.75, 3.05) is 0 Å². The van der Waals surface area contributed by atoms with Gasteiger partial charge in [0.15, 0.2) is 0 Å². The second kappa shape index (κ2) is 8.06. The van der Waals surface area contributed by atoms with Gasteiger partial charge >= 0.3 is 5.97 Å². The number of esters is 1. The van der Waals surface area contributed by atoms with Crippen LogP contribution in [0.1, 0.15) is 11.1 Å². The van der Waals surface area contributed by atoms with Crippen molar-refractivity contribution in [1.82, 2.24) is 0 Å². The number of ether oxygens (including phenoxy) is 1. The molecular formula is C22H18O3. The summed E-state index contributed by atoms with van der Waals surface area (Å²) in [7, 11) is 0. The number of Topliss-reactive ketones (excluding diaryl/α,β-unsaturated/α-hetero) is 1. The van der Waals surface area contributed by atoms with Gasteiger partial charge in [0.1, 0.15) is 6.61 Å². The monoisotopic (exact) mass is 330 g/mol. The van der Waals surface area contributed by atoms with Crippen LogP contribution in [0.4, 0.5) is 0 Å². The fraction of sp³-hybridized carbons (Fsp3) is 0.0909. The number of carbonyl (C=O) groups is 2. The van der Waals surface area contributed by atoms with Crippen molar-refractivity contribution in [2.24, 2.45) is 0 Å². The Bertz CT molecular complexity index is 837. The predicted molar refractivity (Wildman–Crippen MR) is 96.8 cm³/mol. The van der Waals surface area contributed by atoms with Crippen LogP contribution in [0, 0.1) is 0 Å². The van der Waals surface area contributed by atoms with Gasteiger partial charge in [0.2, 0.25) is 5.78 Å². The van der Waals surface area contributed by atoms with Gasteiger partial charge in [-0.25, -0.2) is 4.79 Å². The predicted octanol–water partition coefficient (Wildman–Crippen LogP) is 4.21. The minimum Gasteiger partial charge on any atom is -0.455 e. The van der Waals surface area contributed by atoms with E-state index in [0.29, 0.717) is 0 Å². The molecule has 3 nitrogen and oxygen atoms in total. The van der Waals surface area contributed by atoms with Crippen LogP contribution >= 0.6 is 0 Å². The van der Waals surface area contributed by atoms with Crippen LogP contribution in [0.25, 0.3) is 11.1 Å². The number of benzene rings is 3. The fourth-order valence-corrected chi connectivity index (χ4v) is 2.51. The van der Waals surface area contributed by atoms with Gasteiger partial charge in [-0.3, -0.25) is 4.79 Å². The van der Waals surface area contributed by atoms with E-state index in [1.165, 1.54) is 0 Å². The summed E-state index contributed by atoms with van der Waals surface area (Å²) < 4.78 is 5.07. The van der Waals surface area contributed by atoms with Gasteiger partial charge in [-0.2, -0.15) is 0 Å². The van der Waals surface area contributed by atoms with Crippen molar-refractivity contribution in [2.45, 2.75) is 13.0 Å². The average Bonchev–Trinajstić information content (AvgIpc) is 2.68. The van der Waals surface area contributed by atoms with Gasteiger partial charge in [-0.15, -0.1) is 0 Å². The molecule has 0 N–H and O–H groups in total. The van der Waals surface area contributed by atoms with Gasteiger partial charge in [0.25, 0.3) is 0 Å². The standard InChI is InChI=1S/C22H18O3/c23-21(22(24)25-16-18-7-3-1-4-8-18)15-17-11-13-20(14-12-17)19-9-5-2-6-10-19/h1-14H,15-16H2. The summed E-state index contributed by atoms with van der Waals surface area (Å²) in [5.74, 6) is -1.33. The lowest BCUT2D eigenvalue weighted by atomic mass is 10.0. The average molecular weight is 330 g/mol. The zero-order valence-electron chi connectivity index (χ0n) is 13.7. The topological polar surface area (TPSA) is 43.4 Å². The zero-order valence-corrected chi connectivity index (χ0v) is 13.7. The highest BCUT2D eigenvalue weighted by Crippen LogP contribution is 2.19. The first-order valence-electron chi connectivity index (χ1n) is 8.10. The van der Waals surface area contributed by atoms with Crippen LogP contribution in [-0.4, -0.2) is 11.8 Å². The Morgan fingerprint density at radius 1 is 0.640 bits per heavy atom. The molecule has 3 aromatic carbocycles. The molecule has 0 radical (unpaired) electrons. The molecule has 0 unspecified atom stereocenters. The summed E-state index contributed by atoms with van der Waals surface area (Å²) in [6, 6.07) is 26.9. The lowest BCUT2D eigenvalue weighted by Gasteiger charge is -2.06. The van der Waals surface area contributed by atoms with Crippen molar-refractivity contribution in [3.05, 3.63) is 96.1 Å². The first kappa shape index (κ1) is 16.7. The van der Waals surface area contributed by atoms with Crippen molar-refractivity contribution < 1.29 is 14.3 Å². The van der Waals surface area contributed by atoms with Gasteiger partial charge in [-0.1, -0.05) is 84.9 Å². The first-order valence-corrected chi connectivity index (χ1v) is 8.10. The number of hydrogen-bond donors (Lipinski definition) is 0. The van der Waals surface area contributed by atoms with Crippen molar-refractivity contribution >= 4 is 11.8 Å². The van der Waals surface area contributed by atoms with E-state index in [0.717, 1.165) is 22.3 Å². The Hall–Kier alpha value is -3.20. The quantitative estimate of drug-likeness (QED) is 0.502. The molecule has 124 valence electrons. The third-order valence-corrected chi connectivity index (χ3v) is 3.87. The molecule has 0 aromatic heterocycles. The minimum absolute atomic E-state index is 0.0443. The van der Waals surface area contributed by atoms with Gasteiger partial charge in [-0.05, 0) is 22.3 Å². The fourth-order valence-electron chi connectivity index (χ4n) is 2.51. The number of ketones is 1. The molecule has 0 fully saturated rings. The van der Waals surface area contributed by atoms with Crippen molar-refractivity contribution in [3.8, 4) is 11.1 Å². The lowest BCUT2D eigenvalue weighted by molar-refractivity contribution is -0.154. The van der Waals surface area contributed by atoms with Gasteiger partial charge < -0.3 is 4.74 Å². The zero-order chi connectivity index (χ0) is 17.5. The second-order valence-electron chi connectivity index (χ2n) is 5.72. The van der Waals surface area contributed by atoms with Crippen molar-refractivity contribution in [1.29, 1.82) is 0 Å². The number of carbonyl (C=O) groups excluding carboxylic acids is 2.